The molecule has 0 bridgehead atoms. The highest BCUT2D eigenvalue weighted by atomic mass is 32.2. The third-order valence-corrected chi connectivity index (χ3v) is 6.01. The number of anilines is 1. The molecule has 0 atom stereocenters. The largest absolute Gasteiger partial charge is 0.378 e. The van der Waals surface area contributed by atoms with Crippen LogP contribution in [0.15, 0.2) is 64.3 Å². The van der Waals surface area contributed by atoms with Crippen LogP contribution in [0.1, 0.15) is 11.4 Å². The summed E-state index contributed by atoms with van der Waals surface area (Å²) in [6, 6.07) is 18.0. The average molecular weight is 435 g/mol. The quantitative estimate of drug-likeness (QED) is 0.424. The van der Waals surface area contributed by atoms with Gasteiger partial charge >= 0.3 is 0 Å². The summed E-state index contributed by atoms with van der Waals surface area (Å²) in [4.78, 5) is 6.75. The summed E-state index contributed by atoms with van der Waals surface area (Å²) >= 11 is 1.54. The highest BCUT2D eigenvalue weighted by Crippen LogP contribution is 2.30. The Morgan fingerprint density at radius 2 is 1.74 bits per heavy atom. The van der Waals surface area contributed by atoms with Crippen LogP contribution in [0.5, 0.6) is 0 Å². The van der Waals surface area contributed by atoms with Gasteiger partial charge in [-0.2, -0.15) is 4.98 Å². The van der Waals surface area contributed by atoms with Crippen LogP contribution in [0.2, 0.25) is 0 Å². The molecule has 1 aliphatic rings. The summed E-state index contributed by atoms with van der Waals surface area (Å²) in [6.45, 7) is 5.06. The molecular weight excluding hydrogens is 412 g/mol. The molecule has 4 aromatic rings. The predicted molar refractivity (Wildman–Crippen MR) is 118 cm³/mol. The van der Waals surface area contributed by atoms with Crippen molar-refractivity contribution in [2.24, 2.45) is 0 Å². The number of nitrogens with zero attached hydrogens (tertiary/aromatic N) is 6. The number of hydrogen-bond donors (Lipinski definition) is 0. The molecule has 1 aliphatic heterocycles. The normalized spacial score (nSPS) is 14.2. The summed E-state index contributed by atoms with van der Waals surface area (Å²) in [6.07, 6.45) is 0. The van der Waals surface area contributed by atoms with Crippen molar-refractivity contribution in [1.82, 2.24) is 24.9 Å². The molecule has 31 heavy (non-hydrogen) atoms. The fourth-order valence-electron chi connectivity index (χ4n) is 3.49. The first-order chi connectivity index (χ1) is 15.3. The standard InChI is InChI=1S/C22H22N6O2S/c1-16-7-5-6-10-18(16)28-21(27-11-13-29-14-12-27)24-25-22(28)31-15-19-23-20(30-26-19)17-8-3-2-4-9-17/h2-10H,11-15H2,1H3. The summed E-state index contributed by atoms with van der Waals surface area (Å²) in [5, 5.41) is 13.9. The number of aromatic nitrogens is 5. The van der Waals surface area contributed by atoms with Crippen molar-refractivity contribution < 1.29 is 9.26 Å². The van der Waals surface area contributed by atoms with Gasteiger partial charge in [0.25, 0.3) is 5.89 Å². The third-order valence-electron chi connectivity index (χ3n) is 5.09. The molecule has 0 aliphatic carbocycles. The molecule has 158 valence electrons. The van der Waals surface area contributed by atoms with Crippen LogP contribution in [0.25, 0.3) is 17.1 Å². The monoisotopic (exact) mass is 434 g/mol. The molecule has 0 N–H and O–H groups in total. The average Bonchev–Trinajstić information content (AvgIpc) is 3.46. The summed E-state index contributed by atoms with van der Waals surface area (Å²) in [5.74, 6) is 2.50. The molecule has 2 aromatic heterocycles. The number of ether oxygens (including phenoxy) is 1. The van der Waals surface area contributed by atoms with Crippen LogP contribution in [0.4, 0.5) is 5.95 Å². The van der Waals surface area contributed by atoms with Gasteiger partial charge in [0.2, 0.25) is 5.95 Å². The van der Waals surface area contributed by atoms with Gasteiger partial charge < -0.3 is 14.2 Å². The van der Waals surface area contributed by atoms with Crippen LogP contribution in [-0.2, 0) is 10.5 Å². The second-order valence-electron chi connectivity index (χ2n) is 7.17. The molecule has 0 radical (unpaired) electrons. The molecule has 8 nitrogen and oxygen atoms in total. The van der Waals surface area contributed by atoms with Crippen molar-refractivity contribution in [2.75, 3.05) is 31.2 Å². The van der Waals surface area contributed by atoms with E-state index in [4.69, 9.17) is 9.26 Å². The maximum atomic E-state index is 5.51. The Morgan fingerprint density at radius 3 is 2.55 bits per heavy atom. The van der Waals surface area contributed by atoms with E-state index in [-0.39, 0.29) is 0 Å². The van der Waals surface area contributed by atoms with Crippen LogP contribution in [0.3, 0.4) is 0 Å². The Morgan fingerprint density at radius 1 is 0.968 bits per heavy atom. The highest BCUT2D eigenvalue weighted by Gasteiger charge is 2.23. The van der Waals surface area contributed by atoms with E-state index in [1.807, 2.05) is 42.5 Å². The van der Waals surface area contributed by atoms with Crippen molar-refractivity contribution in [2.45, 2.75) is 17.8 Å². The van der Waals surface area contributed by atoms with Gasteiger partial charge in [-0.3, -0.25) is 4.57 Å². The first kappa shape index (κ1) is 19.8. The van der Waals surface area contributed by atoms with E-state index in [2.05, 4.69) is 48.9 Å². The molecule has 1 fully saturated rings. The maximum absolute atomic E-state index is 5.51. The number of rotatable bonds is 6. The van der Waals surface area contributed by atoms with E-state index in [9.17, 15) is 0 Å². The molecule has 1 saturated heterocycles. The molecule has 5 rings (SSSR count). The van der Waals surface area contributed by atoms with Crippen molar-refractivity contribution >= 4 is 17.7 Å². The molecular formula is C22H22N6O2S. The van der Waals surface area contributed by atoms with E-state index in [1.54, 1.807) is 11.8 Å². The fraction of sp³-hybridized carbons (Fsp3) is 0.273. The van der Waals surface area contributed by atoms with Gasteiger partial charge in [0, 0.05) is 18.7 Å². The van der Waals surface area contributed by atoms with E-state index in [0.29, 0.717) is 30.7 Å². The third kappa shape index (κ3) is 4.19. The Bertz CT molecular complexity index is 1150. The van der Waals surface area contributed by atoms with Crippen LogP contribution < -0.4 is 4.90 Å². The minimum absolute atomic E-state index is 0.519. The van der Waals surface area contributed by atoms with Crippen molar-refractivity contribution in [3.8, 4) is 17.1 Å². The number of morpholine rings is 1. The lowest BCUT2D eigenvalue weighted by atomic mass is 10.2. The lowest BCUT2D eigenvalue weighted by Gasteiger charge is -2.28. The zero-order chi connectivity index (χ0) is 21.0. The van der Waals surface area contributed by atoms with Crippen molar-refractivity contribution in [1.29, 1.82) is 0 Å². The second-order valence-corrected chi connectivity index (χ2v) is 8.12. The Labute approximate surface area is 184 Å². The first-order valence-corrected chi connectivity index (χ1v) is 11.1. The summed E-state index contributed by atoms with van der Waals surface area (Å²) in [7, 11) is 0. The van der Waals surface area contributed by atoms with E-state index < -0.39 is 0 Å². The smallest absolute Gasteiger partial charge is 0.257 e. The zero-order valence-electron chi connectivity index (χ0n) is 17.1. The highest BCUT2D eigenvalue weighted by molar-refractivity contribution is 7.98. The van der Waals surface area contributed by atoms with Crippen LogP contribution >= 0.6 is 11.8 Å². The Balaban J connectivity index is 1.42. The van der Waals surface area contributed by atoms with Gasteiger partial charge in [0.1, 0.15) is 0 Å². The van der Waals surface area contributed by atoms with Gasteiger partial charge in [-0.1, -0.05) is 53.3 Å². The molecule has 0 amide bonds. The SMILES string of the molecule is Cc1ccccc1-n1c(SCc2noc(-c3ccccc3)n2)nnc1N1CCOCC1. The van der Waals surface area contributed by atoms with Gasteiger partial charge in [-0.05, 0) is 30.7 Å². The summed E-state index contributed by atoms with van der Waals surface area (Å²) in [5.41, 5.74) is 3.13. The number of hydrogen-bond acceptors (Lipinski definition) is 8. The second kappa shape index (κ2) is 8.91. The zero-order valence-corrected chi connectivity index (χ0v) is 18.0. The Kier molecular flexibility index (Phi) is 5.68. The van der Waals surface area contributed by atoms with Gasteiger partial charge in [0.05, 0.1) is 24.7 Å². The lowest BCUT2D eigenvalue weighted by Crippen LogP contribution is -2.38. The Hall–Kier alpha value is -3.17. The van der Waals surface area contributed by atoms with Crippen molar-refractivity contribution in [3.63, 3.8) is 0 Å². The topological polar surface area (TPSA) is 82.1 Å². The van der Waals surface area contributed by atoms with Crippen LogP contribution in [0, 0.1) is 6.92 Å². The summed E-state index contributed by atoms with van der Waals surface area (Å²) < 4.78 is 13.1. The fourth-order valence-corrected chi connectivity index (χ4v) is 4.27. The van der Waals surface area contributed by atoms with Crippen LogP contribution in [-0.4, -0.2) is 51.2 Å². The van der Waals surface area contributed by atoms with Crippen molar-refractivity contribution in [3.05, 3.63) is 66.0 Å². The maximum Gasteiger partial charge on any atom is 0.257 e. The molecule has 2 aromatic carbocycles. The number of benzene rings is 2. The minimum atomic E-state index is 0.519. The van der Waals surface area contributed by atoms with Gasteiger partial charge in [-0.25, -0.2) is 0 Å². The molecule has 9 heteroatoms. The molecule has 0 spiro atoms. The predicted octanol–water partition coefficient (Wildman–Crippen LogP) is 3.75. The number of para-hydroxylation sites is 1. The molecule has 0 saturated carbocycles. The number of thioether (sulfide) groups is 1. The molecule has 3 heterocycles. The van der Waals surface area contributed by atoms with E-state index in [1.165, 1.54) is 0 Å². The number of aryl methyl sites for hydroxylation is 1. The lowest BCUT2D eigenvalue weighted by molar-refractivity contribution is 0.122. The first-order valence-electron chi connectivity index (χ1n) is 10.1. The van der Waals surface area contributed by atoms with Gasteiger partial charge in [-0.15, -0.1) is 10.2 Å². The van der Waals surface area contributed by atoms with E-state index in [0.717, 1.165) is 41.0 Å². The van der Waals surface area contributed by atoms with Gasteiger partial charge in [0.15, 0.2) is 11.0 Å². The van der Waals surface area contributed by atoms with E-state index >= 15 is 0 Å². The molecule has 0 unspecified atom stereocenters. The minimum Gasteiger partial charge on any atom is -0.378 e.